The highest BCUT2D eigenvalue weighted by atomic mass is 32.2. The maximum atomic E-state index is 12.1. The fourth-order valence-electron chi connectivity index (χ4n) is 1.50. The number of aliphatic carboxylic acids is 1. The summed E-state index contributed by atoms with van der Waals surface area (Å²) >= 11 is 1.38. The van der Waals surface area contributed by atoms with E-state index in [1.807, 2.05) is 13.8 Å². The van der Waals surface area contributed by atoms with E-state index < -0.39 is 22.8 Å². The Morgan fingerprint density at radius 2 is 1.95 bits per heavy atom. The molecule has 1 rings (SSSR count). The lowest BCUT2D eigenvalue weighted by Gasteiger charge is -2.13. The summed E-state index contributed by atoms with van der Waals surface area (Å²) in [6, 6.07) is 2.91. The lowest BCUT2D eigenvalue weighted by molar-refractivity contribution is -0.384. The van der Waals surface area contributed by atoms with Crippen LogP contribution in [0.25, 0.3) is 0 Å². The van der Waals surface area contributed by atoms with Gasteiger partial charge in [-0.3, -0.25) is 19.7 Å². The van der Waals surface area contributed by atoms with Crippen molar-refractivity contribution in [2.75, 3.05) is 0 Å². The molecule has 0 aliphatic rings. The van der Waals surface area contributed by atoms with Crippen LogP contribution in [0, 0.1) is 10.1 Å². The van der Waals surface area contributed by atoms with Gasteiger partial charge in [0.15, 0.2) is 0 Å². The van der Waals surface area contributed by atoms with Gasteiger partial charge in [0, 0.05) is 22.3 Å². The number of thioether (sulfide) groups is 1. The summed E-state index contributed by atoms with van der Waals surface area (Å²) < 4.78 is 0. The van der Waals surface area contributed by atoms with Gasteiger partial charge in [0.1, 0.15) is 6.04 Å². The highest BCUT2D eigenvalue weighted by molar-refractivity contribution is 8.00. The third-order valence-corrected chi connectivity index (χ3v) is 3.58. The molecule has 0 saturated heterocycles. The molecule has 0 aliphatic carbocycles. The first-order chi connectivity index (χ1) is 9.72. The fourth-order valence-corrected chi connectivity index (χ4v) is 2.43. The summed E-state index contributed by atoms with van der Waals surface area (Å²) in [5.41, 5.74) is -0.104. The molecule has 114 valence electrons. The number of carboxylic acid groups (broad SMARTS) is 1. The minimum atomic E-state index is -1.17. The Morgan fingerprint density at radius 3 is 2.43 bits per heavy atom. The zero-order chi connectivity index (χ0) is 16.2. The Morgan fingerprint density at radius 1 is 1.33 bits per heavy atom. The van der Waals surface area contributed by atoms with Crippen LogP contribution in [0.4, 0.5) is 5.69 Å². The number of non-ortho nitro benzene ring substituents is 1. The lowest BCUT2D eigenvalue weighted by atomic mass is 10.1. The van der Waals surface area contributed by atoms with Gasteiger partial charge in [0.2, 0.25) is 0 Å². The number of carboxylic acids is 1. The van der Waals surface area contributed by atoms with E-state index in [-0.39, 0.29) is 16.5 Å². The second-order valence-electron chi connectivity index (χ2n) is 4.64. The number of nitro groups is 1. The molecule has 7 nitrogen and oxygen atoms in total. The van der Waals surface area contributed by atoms with E-state index in [1.165, 1.54) is 30.8 Å². The van der Waals surface area contributed by atoms with Crippen LogP contribution in [-0.4, -0.2) is 33.2 Å². The molecular formula is C13H16N2O5S. The molecule has 1 aromatic carbocycles. The van der Waals surface area contributed by atoms with Crippen molar-refractivity contribution in [1.82, 2.24) is 5.32 Å². The zero-order valence-corrected chi connectivity index (χ0v) is 12.6. The van der Waals surface area contributed by atoms with Crippen molar-refractivity contribution < 1.29 is 19.6 Å². The van der Waals surface area contributed by atoms with E-state index in [9.17, 15) is 19.7 Å². The van der Waals surface area contributed by atoms with Crippen molar-refractivity contribution >= 4 is 29.3 Å². The minimum absolute atomic E-state index is 0.107. The van der Waals surface area contributed by atoms with Gasteiger partial charge in [-0.1, -0.05) is 13.8 Å². The van der Waals surface area contributed by atoms with Crippen molar-refractivity contribution in [3.63, 3.8) is 0 Å². The van der Waals surface area contributed by atoms with Crippen LogP contribution in [-0.2, 0) is 4.79 Å². The molecule has 0 aliphatic heterocycles. The number of nitrogens with one attached hydrogen (secondary N) is 1. The predicted octanol–water partition coefficient (Wildman–Crippen LogP) is 2.30. The standard InChI is InChI=1S/C13H16N2O5S/c1-7(2)21-11-5-4-9(15(19)20)6-10(11)12(16)14-8(3)13(17)18/h4-8H,1-3H3,(H,14,16)(H,17,18)/t8-/m1/s1. The summed E-state index contributed by atoms with van der Waals surface area (Å²) in [6.07, 6.45) is 0. The number of amides is 1. The molecule has 2 N–H and O–H groups in total. The first-order valence-corrected chi connectivity index (χ1v) is 7.09. The van der Waals surface area contributed by atoms with Crippen molar-refractivity contribution in [3.8, 4) is 0 Å². The topological polar surface area (TPSA) is 110 Å². The normalized spacial score (nSPS) is 12.0. The summed E-state index contributed by atoms with van der Waals surface area (Å²) in [7, 11) is 0. The van der Waals surface area contributed by atoms with Gasteiger partial charge in [-0.15, -0.1) is 11.8 Å². The molecule has 0 bridgehead atoms. The number of hydrogen-bond donors (Lipinski definition) is 2. The second-order valence-corrected chi connectivity index (χ2v) is 6.26. The molecule has 0 spiro atoms. The van der Waals surface area contributed by atoms with Gasteiger partial charge in [0.25, 0.3) is 11.6 Å². The van der Waals surface area contributed by atoms with E-state index in [0.717, 1.165) is 6.07 Å². The minimum Gasteiger partial charge on any atom is -0.480 e. The maximum absolute atomic E-state index is 12.1. The van der Waals surface area contributed by atoms with E-state index in [4.69, 9.17) is 5.11 Å². The summed E-state index contributed by atoms with van der Waals surface area (Å²) in [5.74, 6) is -1.82. The van der Waals surface area contributed by atoms with Crippen LogP contribution in [0.2, 0.25) is 0 Å². The van der Waals surface area contributed by atoms with E-state index in [0.29, 0.717) is 4.90 Å². The van der Waals surface area contributed by atoms with E-state index >= 15 is 0 Å². The molecule has 8 heteroatoms. The average Bonchev–Trinajstić information content (AvgIpc) is 2.37. The highest BCUT2D eigenvalue weighted by Crippen LogP contribution is 2.29. The Labute approximate surface area is 125 Å². The van der Waals surface area contributed by atoms with Gasteiger partial charge >= 0.3 is 5.97 Å². The Balaban J connectivity index is 3.15. The van der Waals surface area contributed by atoms with Crippen LogP contribution >= 0.6 is 11.8 Å². The van der Waals surface area contributed by atoms with Gasteiger partial charge < -0.3 is 10.4 Å². The summed E-state index contributed by atoms with van der Waals surface area (Å²) in [6.45, 7) is 5.17. The molecule has 0 heterocycles. The molecule has 0 fully saturated rings. The number of carbonyl (C=O) groups is 2. The third kappa shape index (κ3) is 4.75. The Hall–Kier alpha value is -2.09. The molecular weight excluding hydrogens is 296 g/mol. The van der Waals surface area contributed by atoms with Crippen molar-refractivity contribution in [2.45, 2.75) is 37.0 Å². The van der Waals surface area contributed by atoms with Crippen molar-refractivity contribution in [1.29, 1.82) is 0 Å². The molecule has 0 unspecified atom stereocenters. The molecule has 1 amide bonds. The number of nitro benzene ring substituents is 1. The monoisotopic (exact) mass is 312 g/mol. The molecule has 0 aromatic heterocycles. The van der Waals surface area contributed by atoms with E-state index in [1.54, 1.807) is 0 Å². The number of nitrogens with zero attached hydrogens (tertiary/aromatic N) is 1. The van der Waals surface area contributed by atoms with Crippen molar-refractivity contribution in [3.05, 3.63) is 33.9 Å². The van der Waals surface area contributed by atoms with Gasteiger partial charge in [-0.05, 0) is 13.0 Å². The number of benzene rings is 1. The summed E-state index contributed by atoms with van der Waals surface area (Å²) in [5, 5.41) is 22.1. The Kier molecular flexibility index (Phi) is 5.71. The van der Waals surface area contributed by atoms with Gasteiger partial charge in [-0.25, -0.2) is 0 Å². The molecule has 0 radical (unpaired) electrons. The van der Waals surface area contributed by atoms with Gasteiger partial charge in [-0.2, -0.15) is 0 Å². The van der Waals surface area contributed by atoms with Crippen LogP contribution < -0.4 is 5.32 Å². The first-order valence-electron chi connectivity index (χ1n) is 6.21. The number of hydrogen-bond acceptors (Lipinski definition) is 5. The molecule has 1 aromatic rings. The van der Waals surface area contributed by atoms with Crippen LogP contribution in [0.5, 0.6) is 0 Å². The highest BCUT2D eigenvalue weighted by Gasteiger charge is 2.21. The van der Waals surface area contributed by atoms with Crippen LogP contribution in [0.15, 0.2) is 23.1 Å². The SMILES string of the molecule is CC(C)Sc1ccc([N+](=O)[O-])cc1C(=O)N[C@H](C)C(=O)O. The zero-order valence-electron chi connectivity index (χ0n) is 11.8. The maximum Gasteiger partial charge on any atom is 0.325 e. The molecule has 0 saturated carbocycles. The predicted molar refractivity (Wildman–Crippen MR) is 78.7 cm³/mol. The van der Waals surface area contributed by atoms with Crippen LogP contribution in [0.1, 0.15) is 31.1 Å². The fraction of sp³-hybridized carbons (Fsp3) is 0.385. The van der Waals surface area contributed by atoms with Crippen LogP contribution in [0.3, 0.4) is 0 Å². The molecule has 21 heavy (non-hydrogen) atoms. The smallest absolute Gasteiger partial charge is 0.325 e. The largest absolute Gasteiger partial charge is 0.480 e. The number of rotatable bonds is 6. The van der Waals surface area contributed by atoms with Crippen molar-refractivity contribution in [2.24, 2.45) is 0 Å². The third-order valence-electron chi connectivity index (χ3n) is 2.50. The number of carbonyl (C=O) groups excluding carboxylic acids is 1. The molecule has 1 atom stereocenters. The quantitative estimate of drug-likeness (QED) is 0.474. The lowest BCUT2D eigenvalue weighted by Crippen LogP contribution is -2.38. The first kappa shape index (κ1) is 17.0. The second kappa shape index (κ2) is 7.07. The Bertz CT molecular complexity index is 574. The summed E-state index contributed by atoms with van der Waals surface area (Å²) in [4.78, 5) is 33.7. The average molecular weight is 312 g/mol. The van der Waals surface area contributed by atoms with E-state index in [2.05, 4.69) is 5.32 Å². The van der Waals surface area contributed by atoms with Gasteiger partial charge in [0.05, 0.1) is 10.5 Å².